The average Bonchev–Trinajstić information content (AvgIpc) is 3.34. The predicted octanol–water partition coefficient (Wildman–Crippen LogP) is 7.67. The minimum Gasteiger partial charge on any atom is -0.493 e. The number of unbranched alkanes of at least 4 members (excludes halogenated alkanes) is 1. The van der Waals surface area contributed by atoms with Crippen molar-refractivity contribution in [3.8, 4) is 23.0 Å². The summed E-state index contributed by atoms with van der Waals surface area (Å²) in [6, 6.07) is 20.4. The van der Waals surface area contributed by atoms with Crippen LogP contribution >= 0.6 is 15.9 Å². The zero-order valence-electron chi connectivity index (χ0n) is 21.7. The number of hydrogen-bond donors (Lipinski definition) is 0. The highest BCUT2D eigenvalue weighted by Crippen LogP contribution is 2.49. The van der Waals surface area contributed by atoms with Crippen molar-refractivity contribution in [3.63, 3.8) is 0 Å². The maximum atomic E-state index is 6.55. The van der Waals surface area contributed by atoms with Crippen molar-refractivity contribution < 1.29 is 18.9 Å². The van der Waals surface area contributed by atoms with E-state index < -0.39 is 6.23 Å². The van der Waals surface area contributed by atoms with Gasteiger partial charge in [0.2, 0.25) is 6.23 Å². The summed E-state index contributed by atoms with van der Waals surface area (Å²) in [5, 5.41) is 7.17. The van der Waals surface area contributed by atoms with Crippen LogP contribution in [0.3, 0.4) is 0 Å². The Hall–Kier alpha value is -3.19. The van der Waals surface area contributed by atoms with E-state index in [1.807, 2.05) is 56.3 Å². The van der Waals surface area contributed by atoms with Gasteiger partial charge in [0.1, 0.15) is 11.5 Å². The Kier molecular flexibility index (Phi) is 7.60. The van der Waals surface area contributed by atoms with Crippen LogP contribution in [0.25, 0.3) is 0 Å². The van der Waals surface area contributed by atoms with Crippen molar-refractivity contribution in [2.75, 3.05) is 13.7 Å². The van der Waals surface area contributed by atoms with E-state index in [4.69, 9.17) is 24.0 Å². The molecule has 2 atom stereocenters. The summed E-state index contributed by atoms with van der Waals surface area (Å²) in [6.45, 7) is 6.87. The fourth-order valence-electron chi connectivity index (χ4n) is 4.73. The van der Waals surface area contributed by atoms with Gasteiger partial charge < -0.3 is 18.9 Å². The van der Waals surface area contributed by atoms with Crippen LogP contribution < -0.4 is 18.9 Å². The topological polar surface area (TPSA) is 52.5 Å². The predicted molar refractivity (Wildman–Crippen MR) is 149 cm³/mol. The van der Waals surface area contributed by atoms with E-state index in [0.717, 1.165) is 63.4 Å². The minimum absolute atomic E-state index is 0.0549. The standard InChI is InChI=1S/C30H33BrN2O4/c1-5-6-15-35-28-13-9-21(16-29(28)34-4)30-33-26(24-17-22(31)10-14-27(24)37-30)18-25(32-33)20-7-11-23(12-8-20)36-19(2)3/h7-14,16-17,19,26,30H,5-6,15,18H2,1-4H3/t26-,30-/m1/s1. The van der Waals surface area contributed by atoms with Crippen molar-refractivity contribution >= 4 is 21.6 Å². The summed E-state index contributed by atoms with van der Waals surface area (Å²) >= 11 is 3.63. The van der Waals surface area contributed by atoms with Crippen LogP contribution in [0.4, 0.5) is 0 Å². The normalized spacial score (nSPS) is 18.1. The number of rotatable bonds is 9. The summed E-state index contributed by atoms with van der Waals surface area (Å²) in [5.41, 5.74) is 4.19. The summed E-state index contributed by atoms with van der Waals surface area (Å²) in [6.07, 6.45) is 2.61. The van der Waals surface area contributed by atoms with Gasteiger partial charge in [-0.25, -0.2) is 5.01 Å². The van der Waals surface area contributed by atoms with Gasteiger partial charge >= 0.3 is 0 Å². The van der Waals surface area contributed by atoms with E-state index in [-0.39, 0.29) is 12.1 Å². The quantitative estimate of drug-likeness (QED) is 0.249. The van der Waals surface area contributed by atoms with Crippen LogP contribution in [0.15, 0.2) is 70.2 Å². The number of ether oxygens (including phenoxy) is 4. The highest BCUT2D eigenvalue weighted by Gasteiger charge is 2.41. The molecule has 0 aliphatic carbocycles. The number of nitrogens with zero attached hydrogens (tertiary/aromatic N) is 2. The van der Waals surface area contributed by atoms with Crippen LogP contribution in [0.5, 0.6) is 23.0 Å². The van der Waals surface area contributed by atoms with Crippen molar-refractivity contribution in [3.05, 3.63) is 81.8 Å². The van der Waals surface area contributed by atoms with E-state index in [9.17, 15) is 0 Å². The van der Waals surface area contributed by atoms with Gasteiger partial charge in [-0.1, -0.05) is 29.3 Å². The van der Waals surface area contributed by atoms with Crippen LogP contribution in [-0.2, 0) is 0 Å². The van der Waals surface area contributed by atoms with Crippen LogP contribution in [0.2, 0.25) is 0 Å². The van der Waals surface area contributed by atoms with Gasteiger partial charge in [0.15, 0.2) is 11.5 Å². The van der Waals surface area contributed by atoms with E-state index in [1.54, 1.807) is 7.11 Å². The van der Waals surface area contributed by atoms with Gasteiger partial charge in [-0.05, 0) is 86.5 Å². The minimum atomic E-state index is -0.390. The van der Waals surface area contributed by atoms with E-state index >= 15 is 0 Å². The Labute approximate surface area is 227 Å². The lowest BCUT2D eigenvalue weighted by Crippen LogP contribution is -2.33. The third kappa shape index (κ3) is 5.42. The highest BCUT2D eigenvalue weighted by atomic mass is 79.9. The van der Waals surface area contributed by atoms with Crippen molar-refractivity contribution in [2.24, 2.45) is 5.10 Å². The molecule has 0 N–H and O–H groups in total. The number of halogens is 1. The molecule has 7 heteroatoms. The molecule has 194 valence electrons. The number of benzene rings is 3. The van der Waals surface area contributed by atoms with Gasteiger partial charge in [-0.15, -0.1) is 0 Å². The molecule has 0 unspecified atom stereocenters. The first kappa shape index (κ1) is 25.5. The molecule has 0 amide bonds. The van der Waals surface area contributed by atoms with Crippen molar-refractivity contribution in [2.45, 2.75) is 58.4 Å². The second kappa shape index (κ2) is 11.1. The van der Waals surface area contributed by atoms with Gasteiger partial charge in [0.05, 0.1) is 31.6 Å². The zero-order valence-corrected chi connectivity index (χ0v) is 23.3. The molecule has 0 radical (unpaired) electrons. The molecule has 0 saturated carbocycles. The first-order valence-corrected chi connectivity index (χ1v) is 13.7. The molecular formula is C30H33BrN2O4. The number of hydrazone groups is 1. The fourth-order valence-corrected chi connectivity index (χ4v) is 5.11. The van der Waals surface area contributed by atoms with Crippen LogP contribution in [-0.4, -0.2) is 30.5 Å². The summed E-state index contributed by atoms with van der Waals surface area (Å²) < 4.78 is 25.0. The maximum absolute atomic E-state index is 6.55. The van der Waals surface area contributed by atoms with E-state index in [1.165, 1.54) is 0 Å². The lowest BCUT2D eigenvalue weighted by molar-refractivity contribution is -0.0192. The largest absolute Gasteiger partial charge is 0.493 e. The molecule has 3 aromatic carbocycles. The summed E-state index contributed by atoms with van der Waals surface area (Å²) in [5.74, 6) is 3.16. The third-order valence-corrected chi connectivity index (χ3v) is 7.03. The smallest absolute Gasteiger partial charge is 0.214 e. The third-order valence-electron chi connectivity index (χ3n) is 6.54. The Balaban J connectivity index is 1.48. The summed E-state index contributed by atoms with van der Waals surface area (Å²) in [7, 11) is 1.67. The molecule has 0 fully saturated rings. The van der Waals surface area contributed by atoms with Crippen LogP contribution in [0.1, 0.15) is 69.0 Å². The van der Waals surface area contributed by atoms with Gasteiger partial charge in [-0.2, -0.15) is 5.10 Å². The molecule has 3 aromatic rings. The molecule has 0 saturated heterocycles. The zero-order chi connectivity index (χ0) is 25.9. The van der Waals surface area contributed by atoms with Crippen molar-refractivity contribution in [1.29, 1.82) is 0 Å². The van der Waals surface area contributed by atoms with Crippen molar-refractivity contribution in [1.82, 2.24) is 5.01 Å². The first-order chi connectivity index (χ1) is 18.0. The first-order valence-electron chi connectivity index (χ1n) is 12.9. The average molecular weight is 566 g/mol. The molecule has 2 aliphatic heterocycles. The lowest BCUT2D eigenvalue weighted by Gasteiger charge is -2.38. The van der Waals surface area contributed by atoms with Gasteiger partial charge in [0.25, 0.3) is 0 Å². The fraction of sp³-hybridized carbons (Fsp3) is 0.367. The number of fused-ring (bicyclic) bond motifs is 3. The monoisotopic (exact) mass is 564 g/mol. The summed E-state index contributed by atoms with van der Waals surface area (Å²) in [4.78, 5) is 0. The Morgan fingerprint density at radius 2 is 1.86 bits per heavy atom. The molecule has 37 heavy (non-hydrogen) atoms. The highest BCUT2D eigenvalue weighted by molar-refractivity contribution is 9.10. The lowest BCUT2D eigenvalue weighted by atomic mass is 9.96. The SMILES string of the molecule is CCCCOc1ccc([C@H]2Oc3ccc(Br)cc3[C@H]3CC(c4ccc(OC(C)C)cc4)=NN32)cc1OC. The molecule has 0 spiro atoms. The van der Waals surface area contributed by atoms with Crippen LogP contribution in [0, 0.1) is 0 Å². The van der Waals surface area contributed by atoms with Gasteiger partial charge in [-0.3, -0.25) is 0 Å². The molecule has 0 bridgehead atoms. The van der Waals surface area contributed by atoms with E-state index in [0.29, 0.717) is 12.4 Å². The number of methoxy groups -OCH3 is 1. The second-order valence-electron chi connectivity index (χ2n) is 9.60. The Bertz CT molecular complexity index is 1280. The Morgan fingerprint density at radius 1 is 1.05 bits per heavy atom. The molecule has 5 rings (SSSR count). The van der Waals surface area contributed by atoms with E-state index in [2.05, 4.69) is 46.1 Å². The second-order valence-corrected chi connectivity index (χ2v) is 10.5. The Morgan fingerprint density at radius 3 is 2.59 bits per heavy atom. The molecule has 0 aromatic heterocycles. The molecule has 2 heterocycles. The molecule has 6 nitrogen and oxygen atoms in total. The molecule has 2 aliphatic rings. The molecular weight excluding hydrogens is 532 g/mol. The maximum Gasteiger partial charge on any atom is 0.214 e. The van der Waals surface area contributed by atoms with Gasteiger partial charge in [0, 0.05) is 22.0 Å². The number of hydrogen-bond acceptors (Lipinski definition) is 6.